The molecule has 10 heteroatoms. The number of amides is 2. The summed E-state index contributed by atoms with van der Waals surface area (Å²) in [6, 6.07) is 4.05. The van der Waals surface area contributed by atoms with Crippen molar-refractivity contribution >= 4 is 35.0 Å². The van der Waals surface area contributed by atoms with Gasteiger partial charge in [0.25, 0.3) is 5.91 Å². The Hall–Kier alpha value is -3.40. The highest BCUT2D eigenvalue weighted by molar-refractivity contribution is 6.04. The number of likely N-dealkylation sites (tertiary alicyclic amines) is 1. The van der Waals surface area contributed by atoms with Crippen molar-refractivity contribution in [1.29, 1.82) is 0 Å². The molecule has 10 nitrogen and oxygen atoms in total. The molecule has 208 valence electrons. The second-order valence-electron chi connectivity index (χ2n) is 11.3. The van der Waals surface area contributed by atoms with Gasteiger partial charge in [0.1, 0.15) is 17.5 Å². The van der Waals surface area contributed by atoms with Gasteiger partial charge in [-0.2, -0.15) is 4.98 Å². The van der Waals surface area contributed by atoms with Gasteiger partial charge < -0.3 is 30.1 Å². The molecule has 4 heterocycles. The van der Waals surface area contributed by atoms with E-state index in [4.69, 9.17) is 9.72 Å². The van der Waals surface area contributed by atoms with Crippen LogP contribution >= 0.6 is 0 Å². The van der Waals surface area contributed by atoms with Crippen molar-refractivity contribution < 1.29 is 14.3 Å². The minimum Gasteiger partial charge on any atom is -0.491 e. The number of hydrogen-bond donors (Lipinski definition) is 2. The number of nitrogens with zero attached hydrogens (tertiary/aromatic N) is 5. The van der Waals surface area contributed by atoms with Gasteiger partial charge in [-0.1, -0.05) is 19.8 Å². The molecule has 1 aromatic carbocycles. The molecule has 0 spiro atoms. The topological polar surface area (TPSA) is 103 Å². The molecule has 0 radical (unpaired) electrons. The fourth-order valence-corrected chi connectivity index (χ4v) is 6.59. The molecule has 6 rings (SSSR count). The molecule has 2 aromatic rings. The molecule has 1 aliphatic carbocycles. The fraction of sp³-hybridized carbons (Fsp3) is 0.586. The van der Waals surface area contributed by atoms with Crippen LogP contribution < -0.4 is 25.2 Å². The van der Waals surface area contributed by atoms with E-state index in [9.17, 15) is 9.59 Å². The molecule has 1 saturated carbocycles. The molecular weight excluding hydrogens is 494 g/mol. The maximum atomic E-state index is 13.2. The SMILES string of the molecule is CC[C@H]1C(=O)N(C)c2cnc(Nc3ccc(C(=O)NC4CCN(C)CC4)c4c3OCC4)nc2N1C1CCCC1. The fourth-order valence-electron chi connectivity index (χ4n) is 6.59. The highest BCUT2D eigenvalue weighted by Crippen LogP contribution is 2.41. The standard InChI is InChI=1S/C29H39N7O3/c1-4-23-28(38)35(3)24-17-30-29(33-26(24)36(23)19-7-5-6-8-19)32-22-10-9-21(20-13-16-39-25(20)22)27(37)31-18-11-14-34(2)15-12-18/h9-10,17-19,23H,4-8,11-16H2,1-3H3,(H,31,37)(H,30,32,33)/t23-/m0/s1. The van der Waals surface area contributed by atoms with Gasteiger partial charge in [0.05, 0.1) is 18.5 Å². The third-order valence-corrected chi connectivity index (χ3v) is 8.82. The van der Waals surface area contributed by atoms with E-state index in [1.54, 1.807) is 11.1 Å². The quantitative estimate of drug-likeness (QED) is 0.582. The lowest BCUT2D eigenvalue weighted by molar-refractivity contribution is -0.120. The summed E-state index contributed by atoms with van der Waals surface area (Å²) in [5.41, 5.74) is 3.09. The van der Waals surface area contributed by atoms with Gasteiger partial charge in [0, 0.05) is 36.7 Å². The smallest absolute Gasteiger partial charge is 0.251 e. The monoisotopic (exact) mass is 533 g/mol. The molecule has 4 aliphatic rings. The van der Waals surface area contributed by atoms with Crippen molar-refractivity contribution in [3.63, 3.8) is 0 Å². The Morgan fingerprint density at radius 3 is 2.64 bits per heavy atom. The van der Waals surface area contributed by atoms with E-state index in [0.29, 0.717) is 36.3 Å². The molecule has 3 aliphatic heterocycles. The van der Waals surface area contributed by atoms with E-state index in [2.05, 4.69) is 39.4 Å². The predicted molar refractivity (Wildman–Crippen MR) is 151 cm³/mol. The lowest BCUT2D eigenvalue weighted by atomic mass is 10.0. The van der Waals surface area contributed by atoms with Crippen molar-refractivity contribution in [3.05, 3.63) is 29.5 Å². The molecule has 2 amide bonds. The summed E-state index contributed by atoms with van der Waals surface area (Å²) in [5, 5.41) is 6.60. The first-order chi connectivity index (χ1) is 18.9. The van der Waals surface area contributed by atoms with E-state index in [1.807, 2.05) is 19.2 Å². The van der Waals surface area contributed by atoms with Crippen molar-refractivity contribution in [2.24, 2.45) is 0 Å². The zero-order valence-electron chi connectivity index (χ0n) is 23.2. The van der Waals surface area contributed by atoms with E-state index in [-0.39, 0.29) is 23.9 Å². The van der Waals surface area contributed by atoms with Crippen LogP contribution in [0.2, 0.25) is 0 Å². The number of anilines is 4. The summed E-state index contributed by atoms with van der Waals surface area (Å²) >= 11 is 0. The highest BCUT2D eigenvalue weighted by Gasteiger charge is 2.41. The van der Waals surface area contributed by atoms with Crippen molar-refractivity contribution in [3.8, 4) is 5.75 Å². The lowest BCUT2D eigenvalue weighted by Crippen LogP contribution is -2.55. The molecule has 2 fully saturated rings. The average molecular weight is 534 g/mol. The molecule has 1 aromatic heterocycles. The number of piperidine rings is 1. The minimum atomic E-state index is -0.219. The Kier molecular flexibility index (Phi) is 7.05. The summed E-state index contributed by atoms with van der Waals surface area (Å²) in [4.78, 5) is 42.1. The Morgan fingerprint density at radius 2 is 1.90 bits per heavy atom. The number of likely N-dealkylation sites (N-methyl/N-ethyl adjacent to an activating group) is 1. The summed E-state index contributed by atoms with van der Waals surface area (Å²) in [7, 11) is 3.93. The Balaban J connectivity index is 1.27. The van der Waals surface area contributed by atoms with Crippen LogP contribution in [0.25, 0.3) is 0 Å². The van der Waals surface area contributed by atoms with Gasteiger partial charge in [-0.15, -0.1) is 0 Å². The van der Waals surface area contributed by atoms with Crippen LogP contribution in [0.3, 0.4) is 0 Å². The van der Waals surface area contributed by atoms with Crippen LogP contribution in [-0.2, 0) is 11.2 Å². The second-order valence-corrected chi connectivity index (χ2v) is 11.3. The Morgan fingerprint density at radius 1 is 1.13 bits per heavy atom. The van der Waals surface area contributed by atoms with Crippen molar-refractivity contribution in [2.75, 3.05) is 48.9 Å². The first-order valence-corrected chi connectivity index (χ1v) is 14.4. The number of fused-ring (bicyclic) bond motifs is 2. The third kappa shape index (κ3) is 4.79. The zero-order chi connectivity index (χ0) is 27.1. The minimum absolute atomic E-state index is 0.0339. The van der Waals surface area contributed by atoms with E-state index >= 15 is 0 Å². The number of nitrogens with one attached hydrogen (secondary N) is 2. The molecular formula is C29H39N7O3. The van der Waals surface area contributed by atoms with Crippen LogP contribution in [0.5, 0.6) is 5.75 Å². The van der Waals surface area contributed by atoms with Crippen LogP contribution in [0.1, 0.15) is 67.8 Å². The van der Waals surface area contributed by atoms with Crippen molar-refractivity contribution in [2.45, 2.75) is 76.4 Å². The number of hydrogen-bond acceptors (Lipinski definition) is 8. The Labute approximate surface area is 230 Å². The van der Waals surface area contributed by atoms with Gasteiger partial charge in [0.2, 0.25) is 11.9 Å². The van der Waals surface area contributed by atoms with Crippen LogP contribution in [-0.4, -0.2) is 78.6 Å². The maximum Gasteiger partial charge on any atom is 0.251 e. The zero-order valence-corrected chi connectivity index (χ0v) is 23.2. The van der Waals surface area contributed by atoms with E-state index < -0.39 is 0 Å². The molecule has 1 atom stereocenters. The first kappa shape index (κ1) is 25.9. The summed E-state index contributed by atoms with van der Waals surface area (Å²) in [6.45, 7) is 4.59. The molecule has 0 bridgehead atoms. The molecule has 1 saturated heterocycles. The first-order valence-electron chi connectivity index (χ1n) is 14.4. The van der Waals surface area contributed by atoms with Gasteiger partial charge in [-0.05, 0) is 64.4 Å². The highest BCUT2D eigenvalue weighted by atomic mass is 16.5. The average Bonchev–Trinajstić information content (AvgIpc) is 3.65. The normalized spacial score (nSPS) is 22.0. The molecule has 39 heavy (non-hydrogen) atoms. The van der Waals surface area contributed by atoms with E-state index in [1.165, 1.54) is 12.8 Å². The van der Waals surface area contributed by atoms with Gasteiger partial charge in [0.15, 0.2) is 5.82 Å². The lowest BCUT2D eigenvalue weighted by Gasteiger charge is -2.43. The number of ether oxygens (including phenoxy) is 1. The van der Waals surface area contributed by atoms with Gasteiger partial charge in [-0.25, -0.2) is 4.98 Å². The van der Waals surface area contributed by atoms with Crippen LogP contribution in [0.15, 0.2) is 18.3 Å². The molecule has 0 unspecified atom stereocenters. The number of rotatable bonds is 6. The molecule has 2 N–H and O–H groups in total. The maximum absolute atomic E-state index is 13.2. The largest absolute Gasteiger partial charge is 0.491 e. The Bertz CT molecular complexity index is 1250. The summed E-state index contributed by atoms with van der Waals surface area (Å²) in [6.07, 6.45) is 9.58. The van der Waals surface area contributed by atoms with Crippen LogP contribution in [0.4, 0.5) is 23.1 Å². The summed E-state index contributed by atoms with van der Waals surface area (Å²) in [5.74, 6) is 2.02. The van der Waals surface area contributed by atoms with Crippen molar-refractivity contribution in [1.82, 2.24) is 20.2 Å². The predicted octanol–water partition coefficient (Wildman–Crippen LogP) is 3.48. The van der Waals surface area contributed by atoms with Crippen LogP contribution in [0, 0.1) is 0 Å². The summed E-state index contributed by atoms with van der Waals surface area (Å²) < 4.78 is 6.01. The number of benzene rings is 1. The number of carbonyl (C=O) groups excluding carboxylic acids is 2. The van der Waals surface area contributed by atoms with Gasteiger partial charge in [-0.3, -0.25) is 9.59 Å². The number of carbonyl (C=O) groups is 2. The van der Waals surface area contributed by atoms with Gasteiger partial charge >= 0.3 is 0 Å². The van der Waals surface area contributed by atoms with E-state index in [0.717, 1.165) is 67.9 Å². The number of aromatic nitrogens is 2. The second kappa shape index (κ2) is 10.6. The third-order valence-electron chi connectivity index (χ3n) is 8.82.